The Morgan fingerprint density at radius 3 is 1.69 bits per heavy atom. The van der Waals surface area contributed by atoms with Gasteiger partial charge in [0.15, 0.2) is 0 Å². The fourth-order valence-corrected chi connectivity index (χ4v) is 2.41. The van der Waals surface area contributed by atoms with Gasteiger partial charge in [0.1, 0.15) is 7.37 Å². The van der Waals surface area contributed by atoms with Crippen LogP contribution in [0.1, 0.15) is 0 Å². The van der Waals surface area contributed by atoms with Crippen LogP contribution in [0.15, 0.2) is 48.8 Å². The smallest absolute Gasteiger partial charge is 0.791 e. The van der Waals surface area contributed by atoms with Crippen molar-refractivity contribution in [3.05, 3.63) is 48.8 Å². The van der Waals surface area contributed by atoms with Crippen LogP contribution >= 0.6 is 7.37 Å². The molecule has 2 rings (SSSR count). The van der Waals surface area contributed by atoms with E-state index in [-0.39, 0.29) is 40.4 Å². The summed E-state index contributed by atoms with van der Waals surface area (Å²) >= 11 is 0. The van der Waals surface area contributed by atoms with Gasteiger partial charge in [-0.25, -0.2) is 0 Å². The van der Waals surface area contributed by atoms with Crippen molar-refractivity contribution in [3.8, 4) is 0 Å². The fraction of sp³-hybridized carbons (Fsp3) is 0. The molecule has 0 bridgehead atoms. The predicted molar refractivity (Wildman–Crippen MR) is 55.3 cm³/mol. The Balaban J connectivity index is 0.00000128. The minimum Gasteiger partial charge on any atom is -0.791 e. The standard InChI is InChI=1S/C10H9N2O2P.Na/c13-15(14,9-5-1-3-7-11-9)10-6-2-4-8-12-10;/h1-8H,(H,13,14);/q;+1/p-1. The van der Waals surface area contributed by atoms with Crippen molar-refractivity contribution in [1.29, 1.82) is 0 Å². The number of rotatable bonds is 2. The molecule has 0 unspecified atom stereocenters. The third-order valence-electron chi connectivity index (χ3n) is 1.90. The zero-order chi connectivity index (χ0) is 10.7. The molecular formula is C10H8N2NaO2P. The summed E-state index contributed by atoms with van der Waals surface area (Å²) in [5, 5.41) is 0. The Labute approximate surface area is 116 Å². The second-order valence-electron chi connectivity index (χ2n) is 2.93. The zero-order valence-electron chi connectivity index (χ0n) is 8.78. The summed E-state index contributed by atoms with van der Waals surface area (Å²) < 4.78 is 11.9. The Bertz CT molecular complexity index is 449. The summed E-state index contributed by atoms with van der Waals surface area (Å²) in [6, 6.07) is 9.53. The van der Waals surface area contributed by atoms with Gasteiger partial charge in [-0.2, -0.15) is 0 Å². The minimum absolute atomic E-state index is 0. The molecule has 6 heteroatoms. The fourth-order valence-electron chi connectivity index (χ4n) is 1.17. The molecule has 0 aliphatic rings. The summed E-state index contributed by atoms with van der Waals surface area (Å²) in [6.45, 7) is 0. The van der Waals surface area contributed by atoms with Gasteiger partial charge in [-0.3, -0.25) is 9.97 Å². The molecule has 16 heavy (non-hydrogen) atoms. The van der Waals surface area contributed by atoms with Gasteiger partial charge in [-0.15, -0.1) is 0 Å². The first-order valence-electron chi connectivity index (χ1n) is 4.35. The van der Waals surface area contributed by atoms with Crippen LogP contribution in [0.3, 0.4) is 0 Å². The quantitative estimate of drug-likeness (QED) is 0.418. The molecule has 0 spiro atoms. The van der Waals surface area contributed by atoms with Crippen LogP contribution < -0.4 is 45.3 Å². The topological polar surface area (TPSA) is 65.9 Å². The molecule has 2 aromatic rings. The van der Waals surface area contributed by atoms with Crippen LogP contribution in [-0.2, 0) is 4.57 Å². The first-order chi connectivity index (χ1) is 7.21. The molecule has 0 saturated carbocycles. The van der Waals surface area contributed by atoms with E-state index in [1.54, 1.807) is 24.3 Å². The van der Waals surface area contributed by atoms with E-state index in [9.17, 15) is 9.46 Å². The van der Waals surface area contributed by atoms with Gasteiger partial charge >= 0.3 is 29.6 Å². The summed E-state index contributed by atoms with van der Waals surface area (Å²) in [5.74, 6) is 0. The molecule has 0 aliphatic heterocycles. The maximum atomic E-state index is 11.9. The van der Waals surface area contributed by atoms with E-state index in [1.807, 2.05) is 0 Å². The monoisotopic (exact) mass is 242 g/mol. The van der Waals surface area contributed by atoms with E-state index in [0.717, 1.165) is 0 Å². The van der Waals surface area contributed by atoms with Crippen LogP contribution in [-0.4, -0.2) is 9.97 Å². The van der Waals surface area contributed by atoms with Crippen LogP contribution in [0.4, 0.5) is 0 Å². The molecule has 0 aliphatic carbocycles. The molecule has 4 nitrogen and oxygen atoms in total. The van der Waals surface area contributed by atoms with E-state index in [0.29, 0.717) is 0 Å². The first-order valence-corrected chi connectivity index (χ1v) is 5.98. The summed E-state index contributed by atoms with van der Waals surface area (Å²) in [4.78, 5) is 19.6. The van der Waals surface area contributed by atoms with Gasteiger partial charge in [0.2, 0.25) is 0 Å². The second-order valence-corrected chi connectivity index (χ2v) is 4.95. The number of pyridine rings is 2. The van der Waals surface area contributed by atoms with Crippen molar-refractivity contribution in [3.63, 3.8) is 0 Å². The van der Waals surface area contributed by atoms with Crippen molar-refractivity contribution in [2.24, 2.45) is 0 Å². The Kier molecular flexibility index (Phi) is 4.84. The molecular weight excluding hydrogens is 234 g/mol. The van der Waals surface area contributed by atoms with Crippen molar-refractivity contribution >= 4 is 18.2 Å². The van der Waals surface area contributed by atoms with Crippen LogP contribution in [0.2, 0.25) is 0 Å². The maximum absolute atomic E-state index is 11.9. The first kappa shape index (κ1) is 13.6. The molecule has 0 fully saturated rings. The van der Waals surface area contributed by atoms with Gasteiger partial charge < -0.3 is 9.46 Å². The van der Waals surface area contributed by atoms with Crippen LogP contribution in [0.25, 0.3) is 0 Å². The van der Waals surface area contributed by atoms with E-state index < -0.39 is 7.37 Å². The van der Waals surface area contributed by atoms with Gasteiger partial charge in [-0.05, 0) is 24.3 Å². The van der Waals surface area contributed by atoms with E-state index in [2.05, 4.69) is 9.97 Å². The Morgan fingerprint density at radius 2 is 1.38 bits per heavy atom. The Morgan fingerprint density at radius 1 is 0.938 bits per heavy atom. The zero-order valence-corrected chi connectivity index (χ0v) is 11.7. The molecule has 2 aromatic heterocycles. The molecule has 76 valence electrons. The van der Waals surface area contributed by atoms with Crippen LogP contribution in [0.5, 0.6) is 0 Å². The maximum Gasteiger partial charge on any atom is 1.00 e. The van der Waals surface area contributed by atoms with Gasteiger partial charge in [0, 0.05) is 12.4 Å². The van der Waals surface area contributed by atoms with Crippen molar-refractivity contribution in [2.45, 2.75) is 0 Å². The molecule has 2 heterocycles. The second kappa shape index (κ2) is 5.71. The summed E-state index contributed by atoms with van der Waals surface area (Å²) in [7, 11) is -3.87. The van der Waals surface area contributed by atoms with E-state index in [1.165, 1.54) is 24.5 Å². The number of hydrogen-bond acceptors (Lipinski definition) is 4. The average molecular weight is 242 g/mol. The third-order valence-corrected chi connectivity index (χ3v) is 3.64. The molecule has 0 radical (unpaired) electrons. The van der Waals surface area contributed by atoms with E-state index >= 15 is 0 Å². The Hall–Kier alpha value is -0.510. The van der Waals surface area contributed by atoms with Crippen molar-refractivity contribution < 1.29 is 39.0 Å². The molecule has 0 aromatic carbocycles. The molecule has 0 amide bonds. The van der Waals surface area contributed by atoms with Gasteiger partial charge in [-0.1, -0.05) is 12.1 Å². The van der Waals surface area contributed by atoms with Gasteiger partial charge in [0.25, 0.3) is 0 Å². The predicted octanol–water partition coefficient (Wildman–Crippen LogP) is -2.93. The number of aromatic nitrogens is 2. The molecule has 0 N–H and O–H groups in total. The summed E-state index contributed by atoms with van der Waals surface area (Å²) in [6.07, 6.45) is 2.89. The summed E-state index contributed by atoms with van der Waals surface area (Å²) in [5.41, 5.74) is 0.0902. The molecule has 0 atom stereocenters. The number of hydrogen-bond donors (Lipinski definition) is 0. The van der Waals surface area contributed by atoms with Gasteiger partial charge in [0.05, 0.1) is 10.9 Å². The van der Waals surface area contributed by atoms with E-state index in [4.69, 9.17) is 0 Å². The SMILES string of the molecule is O=P([O-])(c1ccccn1)c1ccccn1.[Na+]. The third kappa shape index (κ3) is 2.78. The largest absolute Gasteiger partial charge is 1.00 e. The van der Waals surface area contributed by atoms with Crippen molar-refractivity contribution in [2.75, 3.05) is 0 Å². The normalized spacial score (nSPS) is 10.6. The van der Waals surface area contributed by atoms with Crippen LogP contribution in [0, 0.1) is 0 Å². The number of nitrogens with zero attached hydrogens (tertiary/aromatic N) is 2. The average Bonchev–Trinajstić information content (AvgIpc) is 2.31. The minimum atomic E-state index is -3.87. The molecule has 0 saturated heterocycles. The van der Waals surface area contributed by atoms with Crippen molar-refractivity contribution in [1.82, 2.24) is 9.97 Å².